The Balaban J connectivity index is 1.62. The van der Waals surface area contributed by atoms with Crippen LogP contribution >= 0.6 is 0 Å². The number of morpholine rings is 1. The molecule has 23 heavy (non-hydrogen) atoms. The molecule has 7 heteroatoms. The molecule has 0 saturated carbocycles. The number of benzene rings is 1. The summed E-state index contributed by atoms with van der Waals surface area (Å²) in [4.78, 5) is 14.7. The van der Waals surface area contributed by atoms with Gasteiger partial charge in [0.2, 0.25) is 0 Å². The van der Waals surface area contributed by atoms with Crippen molar-refractivity contribution in [2.45, 2.75) is 12.6 Å². The summed E-state index contributed by atoms with van der Waals surface area (Å²) in [6, 6.07) is 7.55. The molecule has 1 saturated heterocycles. The summed E-state index contributed by atoms with van der Waals surface area (Å²) in [5.41, 5.74) is 1.57. The molecule has 1 fully saturated rings. The van der Waals surface area contributed by atoms with Gasteiger partial charge in [-0.15, -0.1) is 5.10 Å². The molecule has 0 aliphatic carbocycles. The van der Waals surface area contributed by atoms with Crippen LogP contribution in [0.4, 0.5) is 0 Å². The van der Waals surface area contributed by atoms with Crippen LogP contribution in [-0.2, 0) is 11.3 Å². The monoisotopic (exact) mass is 315 g/mol. The van der Waals surface area contributed by atoms with Crippen LogP contribution in [0.15, 0.2) is 36.7 Å². The molecule has 1 aliphatic heterocycles. The van der Waals surface area contributed by atoms with E-state index in [4.69, 9.17) is 4.74 Å². The van der Waals surface area contributed by atoms with Gasteiger partial charge in [0.05, 0.1) is 25.5 Å². The van der Waals surface area contributed by atoms with E-state index in [-0.39, 0.29) is 12.0 Å². The summed E-state index contributed by atoms with van der Waals surface area (Å²) < 4.78 is 7.37. The average molecular weight is 315 g/mol. The number of carbonyl (C=O) groups excluding carboxylic acids is 1. The molecule has 1 atom stereocenters. The smallest absolute Gasteiger partial charge is 0.251 e. The summed E-state index contributed by atoms with van der Waals surface area (Å²) in [5.74, 6) is -0.0856. The van der Waals surface area contributed by atoms with Gasteiger partial charge in [-0.05, 0) is 18.7 Å². The minimum absolute atomic E-state index is 0.0418. The van der Waals surface area contributed by atoms with Gasteiger partial charge >= 0.3 is 0 Å². The fraction of sp³-hybridized carbons (Fsp3) is 0.438. The first-order valence-electron chi connectivity index (χ1n) is 7.73. The molecule has 1 N–H and O–H groups in total. The number of amides is 1. The number of likely N-dealkylation sites (N-methyl/N-ethyl adjacent to an activating group) is 1. The van der Waals surface area contributed by atoms with Crippen molar-refractivity contribution < 1.29 is 9.53 Å². The van der Waals surface area contributed by atoms with Gasteiger partial charge < -0.3 is 15.0 Å². The number of rotatable bonds is 5. The van der Waals surface area contributed by atoms with Crippen LogP contribution in [0.5, 0.6) is 0 Å². The van der Waals surface area contributed by atoms with Crippen LogP contribution in [0.3, 0.4) is 0 Å². The maximum atomic E-state index is 12.5. The van der Waals surface area contributed by atoms with E-state index in [1.807, 2.05) is 24.3 Å². The lowest BCUT2D eigenvalue weighted by atomic mass is 10.1. The summed E-state index contributed by atoms with van der Waals surface area (Å²) in [5, 5.41) is 10.7. The van der Waals surface area contributed by atoms with E-state index in [9.17, 15) is 4.79 Å². The molecule has 0 radical (unpaired) electrons. The second-order valence-electron chi connectivity index (χ2n) is 5.72. The SMILES string of the molecule is CN1CCOC(CNC(=O)c2ccccc2Cn2ccnn2)C1. The molecule has 2 aromatic rings. The lowest BCUT2D eigenvalue weighted by Gasteiger charge is -2.30. The van der Waals surface area contributed by atoms with Crippen molar-refractivity contribution in [3.05, 3.63) is 47.8 Å². The first kappa shape index (κ1) is 15.6. The van der Waals surface area contributed by atoms with E-state index in [2.05, 4.69) is 27.6 Å². The topological polar surface area (TPSA) is 72.3 Å². The Morgan fingerprint density at radius 2 is 2.30 bits per heavy atom. The predicted molar refractivity (Wildman–Crippen MR) is 85.1 cm³/mol. The largest absolute Gasteiger partial charge is 0.374 e. The number of hydrogen-bond acceptors (Lipinski definition) is 5. The van der Waals surface area contributed by atoms with Crippen molar-refractivity contribution in [3.63, 3.8) is 0 Å². The molecular formula is C16H21N5O2. The first-order valence-corrected chi connectivity index (χ1v) is 7.73. The number of carbonyl (C=O) groups is 1. The number of aromatic nitrogens is 3. The normalized spacial score (nSPS) is 18.7. The Kier molecular flexibility index (Phi) is 4.99. The van der Waals surface area contributed by atoms with Gasteiger partial charge in [0.25, 0.3) is 5.91 Å². The molecule has 1 amide bonds. The van der Waals surface area contributed by atoms with Crippen molar-refractivity contribution in [2.75, 3.05) is 33.3 Å². The maximum absolute atomic E-state index is 12.5. The van der Waals surface area contributed by atoms with Gasteiger partial charge in [-0.2, -0.15) is 0 Å². The Bertz CT molecular complexity index is 644. The Hall–Kier alpha value is -2.25. The number of nitrogens with zero attached hydrogens (tertiary/aromatic N) is 4. The predicted octanol–water partition coefficient (Wildman–Crippen LogP) is 0.387. The van der Waals surface area contributed by atoms with E-state index >= 15 is 0 Å². The molecule has 0 spiro atoms. The van der Waals surface area contributed by atoms with Gasteiger partial charge in [-0.25, -0.2) is 4.68 Å². The fourth-order valence-electron chi connectivity index (χ4n) is 2.66. The van der Waals surface area contributed by atoms with Crippen molar-refractivity contribution in [1.29, 1.82) is 0 Å². The highest BCUT2D eigenvalue weighted by Crippen LogP contribution is 2.10. The summed E-state index contributed by atoms with van der Waals surface area (Å²) in [7, 11) is 2.06. The van der Waals surface area contributed by atoms with Crippen LogP contribution in [0.25, 0.3) is 0 Å². The molecule has 1 aromatic heterocycles. The Morgan fingerprint density at radius 3 is 3.09 bits per heavy atom. The molecule has 7 nitrogen and oxygen atoms in total. The lowest BCUT2D eigenvalue weighted by molar-refractivity contribution is -0.0175. The average Bonchev–Trinajstić information content (AvgIpc) is 3.06. The third-order valence-corrected chi connectivity index (χ3v) is 3.90. The molecule has 1 aliphatic rings. The highest BCUT2D eigenvalue weighted by Gasteiger charge is 2.19. The van der Waals surface area contributed by atoms with Gasteiger partial charge in [-0.1, -0.05) is 23.4 Å². The Labute approximate surface area is 135 Å². The first-order chi connectivity index (χ1) is 11.2. The molecule has 3 rings (SSSR count). The van der Waals surface area contributed by atoms with Crippen LogP contribution in [0.2, 0.25) is 0 Å². The number of ether oxygens (including phenoxy) is 1. The molecule has 2 heterocycles. The maximum Gasteiger partial charge on any atom is 0.251 e. The van der Waals surface area contributed by atoms with Crippen LogP contribution in [0, 0.1) is 0 Å². The zero-order valence-corrected chi connectivity index (χ0v) is 13.2. The zero-order chi connectivity index (χ0) is 16.1. The van der Waals surface area contributed by atoms with Crippen molar-refractivity contribution >= 4 is 5.91 Å². The van der Waals surface area contributed by atoms with Crippen LogP contribution in [-0.4, -0.2) is 65.2 Å². The summed E-state index contributed by atoms with van der Waals surface area (Å²) in [6.07, 6.45) is 3.44. The van der Waals surface area contributed by atoms with Gasteiger partial charge in [-0.3, -0.25) is 4.79 Å². The van der Waals surface area contributed by atoms with Gasteiger partial charge in [0, 0.05) is 31.4 Å². The van der Waals surface area contributed by atoms with E-state index in [0.717, 1.165) is 18.7 Å². The van der Waals surface area contributed by atoms with Gasteiger partial charge in [0.1, 0.15) is 0 Å². The van der Waals surface area contributed by atoms with E-state index in [0.29, 0.717) is 25.3 Å². The minimum Gasteiger partial charge on any atom is -0.374 e. The lowest BCUT2D eigenvalue weighted by Crippen LogP contribution is -2.46. The van der Waals surface area contributed by atoms with E-state index in [1.165, 1.54) is 0 Å². The van der Waals surface area contributed by atoms with Crippen molar-refractivity contribution in [1.82, 2.24) is 25.2 Å². The summed E-state index contributed by atoms with van der Waals surface area (Å²) in [6.45, 7) is 3.51. The fourth-order valence-corrected chi connectivity index (χ4v) is 2.66. The molecule has 1 aromatic carbocycles. The summed E-state index contributed by atoms with van der Waals surface area (Å²) >= 11 is 0. The standard InChI is InChI=1S/C16H21N5O2/c1-20-8-9-23-14(12-20)10-17-16(22)15-5-3-2-4-13(15)11-21-7-6-18-19-21/h2-7,14H,8-12H2,1H3,(H,17,22). The highest BCUT2D eigenvalue weighted by molar-refractivity contribution is 5.95. The van der Waals surface area contributed by atoms with Crippen molar-refractivity contribution in [3.8, 4) is 0 Å². The third-order valence-electron chi connectivity index (χ3n) is 3.90. The van der Waals surface area contributed by atoms with Gasteiger partial charge in [0.15, 0.2) is 0 Å². The zero-order valence-electron chi connectivity index (χ0n) is 13.2. The number of hydrogen-bond donors (Lipinski definition) is 1. The molecule has 0 bridgehead atoms. The molecular weight excluding hydrogens is 294 g/mol. The second kappa shape index (κ2) is 7.34. The molecule has 1 unspecified atom stereocenters. The minimum atomic E-state index is -0.0856. The number of nitrogens with one attached hydrogen (secondary N) is 1. The van der Waals surface area contributed by atoms with Crippen molar-refractivity contribution in [2.24, 2.45) is 0 Å². The second-order valence-corrected chi connectivity index (χ2v) is 5.72. The van der Waals surface area contributed by atoms with E-state index < -0.39 is 0 Å². The van der Waals surface area contributed by atoms with Crippen LogP contribution in [0.1, 0.15) is 15.9 Å². The quantitative estimate of drug-likeness (QED) is 0.864. The molecule has 122 valence electrons. The highest BCUT2D eigenvalue weighted by atomic mass is 16.5. The van der Waals surface area contributed by atoms with Crippen LogP contribution < -0.4 is 5.32 Å². The van der Waals surface area contributed by atoms with E-state index in [1.54, 1.807) is 17.1 Å². The Morgan fingerprint density at radius 1 is 1.43 bits per heavy atom. The third kappa shape index (κ3) is 4.14.